The van der Waals surface area contributed by atoms with Gasteiger partial charge in [-0.3, -0.25) is 4.79 Å². The van der Waals surface area contributed by atoms with E-state index in [0.717, 1.165) is 0 Å². The molecule has 1 atom stereocenters. The lowest BCUT2D eigenvalue weighted by atomic mass is 10.2. The standard InChI is InChI=1S/C7H9NO3S/c1-11-7(10)2-6(9)5-3-12-4-8-5/h3-4,6,9H,2H2,1H3/t6-/m0/s1. The average Bonchev–Trinajstić information content (AvgIpc) is 2.56. The van der Waals surface area contributed by atoms with Gasteiger partial charge >= 0.3 is 5.97 Å². The molecule has 0 bridgehead atoms. The molecule has 0 saturated carbocycles. The summed E-state index contributed by atoms with van der Waals surface area (Å²) in [6.45, 7) is 0. The number of carbonyl (C=O) groups excluding carboxylic acids is 1. The second kappa shape index (κ2) is 4.18. The van der Waals surface area contributed by atoms with Crippen LogP contribution < -0.4 is 0 Å². The lowest BCUT2D eigenvalue weighted by molar-refractivity contribution is -0.142. The molecule has 0 spiro atoms. The van der Waals surface area contributed by atoms with Crippen LogP contribution in [0.15, 0.2) is 10.9 Å². The summed E-state index contributed by atoms with van der Waals surface area (Å²) in [4.78, 5) is 14.6. The van der Waals surface area contributed by atoms with Gasteiger partial charge in [0.05, 0.1) is 24.7 Å². The normalized spacial score (nSPS) is 12.5. The van der Waals surface area contributed by atoms with Gasteiger partial charge in [-0.25, -0.2) is 4.98 Å². The molecule has 1 aromatic heterocycles. The number of aliphatic hydroxyl groups excluding tert-OH is 1. The van der Waals surface area contributed by atoms with Gasteiger partial charge in [-0.2, -0.15) is 0 Å². The molecule has 1 heterocycles. The maximum atomic E-state index is 10.7. The zero-order chi connectivity index (χ0) is 8.97. The summed E-state index contributed by atoms with van der Waals surface area (Å²) in [5.74, 6) is -0.435. The van der Waals surface area contributed by atoms with Crippen molar-refractivity contribution >= 4 is 17.3 Å². The van der Waals surface area contributed by atoms with Crippen LogP contribution in [0.2, 0.25) is 0 Å². The first-order valence-corrected chi connectivity index (χ1v) is 4.31. The Kier molecular flexibility index (Phi) is 3.19. The van der Waals surface area contributed by atoms with E-state index in [1.54, 1.807) is 10.9 Å². The molecule has 12 heavy (non-hydrogen) atoms. The number of methoxy groups -OCH3 is 1. The number of carbonyl (C=O) groups is 1. The fraction of sp³-hybridized carbons (Fsp3) is 0.429. The van der Waals surface area contributed by atoms with Crippen LogP contribution in [0.25, 0.3) is 0 Å². The van der Waals surface area contributed by atoms with Gasteiger partial charge in [0, 0.05) is 5.38 Å². The quantitative estimate of drug-likeness (QED) is 0.709. The van der Waals surface area contributed by atoms with Crippen LogP contribution in [-0.2, 0) is 9.53 Å². The fourth-order valence-corrected chi connectivity index (χ4v) is 1.33. The van der Waals surface area contributed by atoms with Gasteiger partial charge in [0.2, 0.25) is 0 Å². The Morgan fingerprint density at radius 2 is 2.67 bits per heavy atom. The number of aromatic nitrogens is 1. The smallest absolute Gasteiger partial charge is 0.308 e. The molecule has 0 radical (unpaired) electrons. The number of nitrogens with zero attached hydrogens (tertiary/aromatic N) is 1. The number of hydrogen-bond donors (Lipinski definition) is 1. The third-order valence-electron chi connectivity index (χ3n) is 1.38. The molecule has 0 aromatic carbocycles. The molecule has 0 aliphatic carbocycles. The van der Waals surface area contributed by atoms with E-state index in [9.17, 15) is 9.90 Å². The SMILES string of the molecule is COC(=O)C[C@H](O)c1cscn1. The van der Waals surface area contributed by atoms with Gasteiger partial charge in [-0.15, -0.1) is 11.3 Å². The third kappa shape index (κ3) is 2.28. The Labute approximate surface area is 73.8 Å². The summed E-state index contributed by atoms with van der Waals surface area (Å²) in [6.07, 6.45) is -0.885. The predicted molar refractivity (Wildman–Crippen MR) is 43.7 cm³/mol. The van der Waals surface area contributed by atoms with Crippen molar-refractivity contribution in [2.24, 2.45) is 0 Å². The molecule has 1 aromatic rings. The van der Waals surface area contributed by atoms with Crippen molar-refractivity contribution in [3.63, 3.8) is 0 Å². The topological polar surface area (TPSA) is 59.4 Å². The number of aliphatic hydroxyl groups is 1. The van der Waals surface area contributed by atoms with Gasteiger partial charge in [0.1, 0.15) is 6.10 Å². The van der Waals surface area contributed by atoms with Gasteiger partial charge in [-0.1, -0.05) is 0 Å². The van der Waals surface area contributed by atoms with E-state index < -0.39 is 12.1 Å². The molecule has 1 rings (SSSR count). The van der Waals surface area contributed by atoms with E-state index in [1.807, 2.05) is 0 Å². The number of ether oxygens (including phenoxy) is 1. The Morgan fingerprint density at radius 1 is 1.92 bits per heavy atom. The van der Waals surface area contributed by atoms with Crippen molar-refractivity contribution in [2.75, 3.05) is 7.11 Å². The van der Waals surface area contributed by atoms with E-state index in [2.05, 4.69) is 9.72 Å². The Morgan fingerprint density at radius 3 is 3.17 bits per heavy atom. The molecule has 1 N–H and O–H groups in total. The molecule has 5 heteroatoms. The van der Waals surface area contributed by atoms with Crippen molar-refractivity contribution in [3.8, 4) is 0 Å². The highest BCUT2D eigenvalue weighted by molar-refractivity contribution is 7.07. The van der Waals surface area contributed by atoms with E-state index in [1.165, 1.54) is 18.4 Å². The van der Waals surface area contributed by atoms with Crippen molar-refractivity contribution in [3.05, 3.63) is 16.6 Å². The minimum absolute atomic E-state index is 0.0414. The Hall–Kier alpha value is -0.940. The fourth-order valence-electron chi connectivity index (χ4n) is 0.732. The summed E-state index contributed by atoms with van der Waals surface area (Å²) in [5.41, 5.74) is 2.13. The van der Waals surface area contributed by atoms with Gasteiger partial charge in [0.25, 0.3) is 0 Å². The zero-order valence-corrected chi connectivity index (χ0v) is 7.37. The van der Waals surface area contributed by atoms with Gasteiger partial charge < -0.3 is 9.84 Å². The molecule has 66 valence electrons. The first kappa shape index (κ1) is 9.15. The average molecular weight is 187 g/mol. The first-order valence-electron chi connectivity index (χ1n) is 3.37. The Bertz CT molecular complexity index is 247. The highest BCUT2D eigenvalue weighted by atomic mass is 32.1. The zero-order valence-electron chi connectivity index (χ0n) is 6.56. The minimum atomic E-state index is -0.844. The summed E-state index contributed by atoms with van der Waals surface area (Å²) in [5, 5.41) is 11.1. The summed E-state index contributed by atoms with van der Waals surface area (Å²) >= 11 is 1.38. The van der Waals surface area contributed by atoms with Crippen LogP contribution in [0.4, 0.5) is 0 Å². The Balaban J connectivity index is 2.49. The van der Waals surface area contributed by atoms with E-state index in [0.29, 0.717) is 5.69 Å². The number of rotatable bonds is 3. The lowest BCUT2D eigenvalue weighted by Gasteiger charge is -2.04. The van der Waals surface area contributed by atoms with Crippen LogP contribution in [0.1, 0.15) is 18.2 Å². The van der Waals surface area contributed by atoms with Crippen LogP contribution in [0.3, 0.4) is 0 Å². The first-order chi connectivity index (χ1) is 5.74. The van der Waals surface area contributed by atoms with E-state index in [-0.39, 0.29) is 6.42 Å². The molecule has 0 fully saturated rings. The van der Waals surface area contributed by atoms with E-state index >= 15 is 0 Å². The third-order valence-corrected chi connectivity index (χ3v) is 1.99. The number of thiazole rings is 1. The molecular formula is C7H9NO3S. The molecule has 0 amide bonds. The maximum Gasteiger partial charge on any atom is 0.308 e. The highest BCUT2D eigenvalue weighted by Crippen LogP contribution is 2.16. The van der Waals surface area contributed by atoms with Crippen molar-refractivity contribution in [2.45, 2.75) is 12.5 Å². The molecule has 0 unspecified atom stereocenters. The van der Waals surface area contributed by atoms with Gasteiger partial charge in [0.15, 0.2) is 0 Å². The van der Waals surface area contributed by atoms with Crippen LogP contribution >= 0.6 is 11.3 Å². The van der Waals surface area contributed by atoms with E-state index in [4.69, 9.17) is 0 Å². The summed E-state index contributed by atoms with van der Waals surface area (Å²) in [6, 6.07) is 0. The van der Waals surface area contributed by atoms with Crippen LogP contribution in [-0.4, -0.2) is 23.2 Å². The maximum absolute atomic E-state index is 10.7. The van der Waals surface area contributed by atoms with Crippen molar-refractivity contribution < 1.29 is 14.6 Å². The second-order valence-corrected chi connectivity index (χ2v) is 2.93. The predicted octanol–water partition coefficient (Wildman–Crippen LogP) is 0.740. The molecule has 0 aliphatic heterocycles. The lowest BCUT2D eigenvalue weighted by Crippen LogP contribution is -2.08. The number of esters is 1. The van der Waals surface area contributed by atoms with Crippen LogP contribution in [0.5, 0.6) is 0 Å². The summed E-state index contributed by atoms with van der Waals surface area (Å²) in [7, 11) is 1.29. The second-order valence-electron chi connectivity index (χ2n) is 2.21. The van der Waals surface area contributed by atoms with Crippen LogP contribution in [0, 0.1) is 0 Å². The largest absolute Gasteiger partial charge is 0.469 e. The molecule has 0 aliphatic rings. The van der Waals surface area contributed by atoms with Crippen molar-refractivity contribution in [1.29, 1.82) is 0 Å². The number of hydrogen-bond acceptors (Lipinski definition) is 5. The minimum Gasteiger partial charge on any atom is -0.469 e. The van der Waals surface area contributed by atoms with Gasteiger partial charge in [-0.05, 0) is 0 Å². The highest BCUT2D eigenvalue weighted by Gasteiger charge is 2.14. The molecule has 4 nitrogen and oxygen atoms in total. The molecule has 0 saturated heterocycles. The summed E-state index contributed by atoms with van der Waals surface area (Å²) < 4.78 is 4.40. The molecular weight excluding hydrogens is 178 g/mol. The van der Waals surface area contributed by atoms with Crippen molar-refractivity contribution in [1.82, 2.24) is 4.98 Å². The monoisotopic (exact) mass is 187 g/mol.